The standard InChI is InChI=1S/C19H16ClF3N4O/c1-2-5-16-17(25-26-27(16)13-10-8-12(20)9-11-13)18(28)24-15-7-4-3-6-14(15)19(21,22)23/h3-4,6-11H,2,5H2,1H3,(H,24,28). The number of carbonyl (C=O) groups is 1. The maximum absolute atomic E-state index is 13.2. The predicted octanol–water partition coefficient (Wildman–Crippen LogP) is 5.14. The fourth-order valence-electron chi connectivity index (χ4n) is 2.75. The largest absolute Gasteiger partial charge is 0.418 e. The Morgan fingerprint density at radius 3 is 2.46 bits per heavy atom. The van der Waals surface area contributed by atoms with Crippen molar-refractivity contribution in [1.82, 2.24) is 15.0 Å². The smallest absolute Gasteiger partial charge is 0.320 e. The van der Waals surface area contributed by atoms with Crippen LogP contribution in [-0.2, 0) is 12.6 Å². The van der Waals surface area contributed by atoms with E-state index < -0.39 is 17.6 Å². The second-order valence-corrected chi connectivity index (χ2v) is 6.46. The Hall–Kier alpha value is -2.87. The lowest BCUT2D eigenvalue weighted by Crippen LogP contribution is -2.18. The van der Waals surface area contributed by atoms with Crippen LogP contribution < -0.4 is 5.32 Å². The van der Waals surface area contributed by atoms with E-state index in [2.05, 4.69) is 15.6 Å². The average molecular weight is 409 g/mol. The molecule has 1 aromatic heterocycles. The summed E-state index contributed by atoms with van der Waals surface area (Å²) in [5.41, 5.74) is -0.121. The third kappa shape index (κ3) is 4.17. The molecular formula is C19H16ClF3N4O. The van der Waals surface area contributed by atoms with Crippen LogP contribution >= 0.6 is 11.6 Å². The summed E-state index contributed by atoms with van der Waals surface area (Å²) in [5, 5.41) is 10.8. The molecule has 0 unspecified atom stereocenters. The topological polar surface area (TPSA) is 59.8 Å². The Morgan fingerprint density at radius 1 is 1.14 bits per heavy atom. The van der Waals surface area contributed by atoms with Crippen molar-refractivity contribution in [3.63, 3.8) is 0 Å². The average Bonchev–Trinajstić information content (AvgIpc) is 3.06. The van der Waals surface area contributed by atoms with Gasteiger partial charge in [0.15, 0.2) is 5.69 Å². The lowest BCUT2D eigenvalue weighted by Gasteiger charge is -2.13. The summed E-state index contributed by atoms with van der Waals surface area (Å²) in [6.07, 6.45) is -3.42. The number of aromatic nitrogens is 3. The molecule has 2 aromatic carbocycles. The molecule has 1 amide bonds. The Balaban J connectivity index is 1.96. The summed E-state index contributed by atoms with van der Waals surface area (Å²) < 4.78 is 41.0. The van der Waals surface area contributed by atoms with Gasteiger partial charge in [0, 0.05) is 5.02 Å². The van der Waals surface area contributed by atoms with Gasteiger partial charge in [0.25, 0.3) is 5.91 Å². The van der Waals surface area contributed by atoms with Crippen LogP contribution in [0, 0.1) is 0 Å². The summed E-state index contributed by atoms with van der Waals surface area (Å²) in [6.45, 7) is 1.92. The third-order valence-corrected chi connectivity index (χ3v) is 4.27. The number of nitrogens with one attached hydrogen (secondary N) is 1. The van der Waals surface area contributed by atoms with Gasteiger partial charge in [-0.3, -0.25) is 4.79 Å². The molecule has 146 valence electrons. The quantitative estimate of drug-likeness (QED) is 0.635. The van der Waals surface area contributed by atoms with Crippen LogP contribution in [0.5, 0.6) is 0 Å². The second kappa shape index (κ2) is 8.02. The molecule has 3 rings (SSSR count). The number of rotatable bonds is 5. The van der Waals surface area contributed by atoms with E-state index in [1.54, 1.807) is 24.3 Å². The van der Waals surface area contributed by atoms with Gasteiger partial charge < -0.3 is 5.32 Å². The van der Waals surface area contributed by atoms with Crippen molar-refractivity contribution >= 4 is 23.2 Å². The van der Waals surface area contributed by atoms with E-state index in [1.165, 1.54) is 22.9 Å². The molecule has 0 radical (unpaired) electrons. The van der Waals surface area contributed by atoms with Crippen LogP contribution in [0.2, 0.25) is 5.02 Å². The van der Waals surface area contributed by atoms with E-state index in [-0.39, 0.29) is 11.4 Å². The van der Waals surface area contributed by atoms with E-state index in [4.69, 9.17) is 11.6 Å². The molecule has 0 spiro atoms. The van der Waals surface area contributed by atoms with Crippen LogP contribution in [0.25, 0.3) is 5.69 Å². The van der Waals surface area contributed by atoms with Crippen molar-refractivity contribution in [1.29, 1.82) is 0 Å². The highest BCUT2D eigenvalue weighted by atomic mass is 35.5. The van der Waals surface area contributed by atoms with E-state index in [0.717, 1.165) is 6.07 Å². The minimum absolute atomic E-state index is 0.0197. The highest BCUT2D eigenvalue weighted by molar-refractivity contribution is 6.30. The molecule has 0 aliphatic rings. The maximum atomic E-state index is 13.2. The van der Waals surface area contributed by atoms with E-state index in [9.17, 15) is 18.0 Å². The minimum Gasteiger partial charge on any atom is -0.320 e. The third-order valence-electron chi connectivity index (χ3n) is 4.02. The Bertz CT molecular complexity index is 984. The highest BCUT2D eigenvalue weighted by Gasteiger charge is 2.34. The van der Waals surface area contributed by atoms with Gasteiger partial charge in [-0.1, -0.05) is 42.3 Å². The molecule has 0 aliphatic heterocycles. The number of carbonyl (C=O) groups excluding carboxylic acids is 1. The Kier molecular flexibility index (Phi) is 5.69. The monoisotopic (exact) mass is 408 g/mol. The van der Waals surface area contributed by atoms with Crippen LogP contribution in [0.15, 0.2) is 48.5 Å². The molecule has 0 saturated carbocycles. The van der Waals surface area contributed by atoms with Crippen molar-refractivity contribution in [2.45, 2.75) is 25.9 Å². The van der Waals surface area contributed by atoms with Crippen LogP contribution in [0.1, 0.15) is 35.1 Å². The van der Waals surface area contributed by atoms with Gasteiger partial charge in [0.1, 0.15) is 0 Å². The molecule has 3 aromatic rings. The summed E-state index contributed by atoms with van der Waals surface area (Å²) in [7, 11) is 0. The molecule has 1 N–H and O–H groups in total. The first kappa shape index (κ1) is 19.9. The fraction of sp³-hybridized carbons (Fsp3) is 0.211. The van der Waals surface area contributed by atoms with Gasteiger partial charge in [0.2, 0.25) is 0 Å². The lowest BCUT2D eigenvalue weighted by molar-refractivity contribution is -0.136. The maximum Gasteiger partial charge on any atom is 0.418 e. The number of hydrogen-bond donors (Lipinski definition) is 1. The molecule has 0 aliphatic carbocycles. The normalized spacial score (nSPS) is 11.5. The number of para-hydroxylation sites is 1. The number of halogens is 4. The number of amides is 1. The fourth-order valence-corrected chi connectivity index (χ4v) is 2.88. The minimum atomic E-state index is -4.59. The number of benzene rings is 2. The SMILES string of the molecule is CCCc1c(C(=O)Nc2ccccc2C(F)(F)F)nnn1-c1ccc(Cl)cc1. The van der Waals surface area contributed by atoms with Crippen molar-refractivity contribution in [3.05, 3.63) is 70.5 Å². The second-order valence-electron chi connectivity index (χ2n) is 6.02. The highest BCUT2D eigenvalue weighted by Crippen LogP contribution is 2.34. The van der Waals surface area contributed by atoms with Crippen molar-refractivity contribution in [2.75, 3.05) is 5.32 Å². The first-order valence-corrected chi connectivity index (χ1v) is 8.87. The van der Waals surface area contributed by atoms with Gasteiger partial charge in [0.05, 0.1) is 22.6 Å². The summed E-state index contributed by atoms with van der Waals surface area (Å²) in [6, 6.07) is 11.6. The van der Waals surface area contributed by atoms with E-state index in [0.29, 0.717) is 29.2 Å². The summed E-state index contributed by atoms with van der Waals surface area (Å²) in [4.78, 5) is 12.7. The molecule has 0 saturated heterocycles. The molecule has 0 atom stereocenters. The van der Waals surface area contributed by atoms with Crippen LogP contribution in [0.4, 0.5) is 18.9 Å². The Labute approximate surface area is 164 Å². The zero-order valence-electron chi connectivity index (χ0n) is 14.8. The molecular weight excluding hydrogens is 393 g/mol. The van der Waals surface area contributed by atoms with Crippen molar-refractivity contribution in [3.8, 4) is 5.69 Å². The molecule has 9 heteroatoms. The zero-order chi connectivity index (χ0) is 20.3. The molecule has 0 bridgehead atoms. The van der Waals surface area contributed by atoms with Crippen LogP contribution in [0.3, 0.4) is 0 Å². The van der Waals surface area contributed by atoms with Gasteiger partial charge in [-0.05, 0) is 42.8 Å². The first-order chi connectivity index (χ1) is 13.3. The number of nitrogens with zero attached hydrogens (tertiary/aromatic N) is 3. The molecule has 0 fully saturated rings. The van der Waals surface area contributed by atoms with E-state index in [1.807, 2.05) is 6.92 Å². The number of anilines is 1. The van der Waals surface area contributed by atoms with Gasteiger partial charge >= 0.3 is 6.18 Å². The Morgan fingerprint density at radius 2 is 1.82 bits per heavy atom. The van der Waals surface area contributed by atoms with Crippen LogP contribution in [-0.4, -0.2) is 20.9 Å². The predicted molar refractivity (Wildman–Crippen MR) is 99.8 cm³/mol. The molecule has 1 heterocycles. The van der Waals surface area contributed by atoms with Crippen molar-refractivity contribution in [2.24, 2.45) is 0 Å². The van der Waals surface area contributed by atoms with Gasteiger partial charge in [-0.25, -0.2) is 4.68 Å². The first-order valence-electron chi connectivity index (χ1n) is 8.49. The number of alkyl halides is 3. The van der Waals surface area contributed by atoms with Gasteiger partial charge in [-0.2, -0.15) is 13.2 Å². The lowest BCUT2D eigenvalue weighted by atomic mass is 10.1. The summed E-state index contributed by atoms with van der Waals surface area (Å²) >= 11 is 5.90. The van der Waals surface area contributed by atoms with Crippen molar-refractivity contribution < 1.29 is 18.0 Å². The zero-order valence-corrected chi connectivity index (χ0v) is 15.6. The molecule has 5 nitrogen and oxygen atoms in total. The number of hydrogen-bond acceptors (Lipinski definition) is 3. The molecule has 28 heavy (non-hydrogen) atoms. The van der Waals surface area contributed by atoms with Gasteiger partial charge in [-0.15, -0.1) is 5.10 Å². The summed E-state index contributed by atoms with van der Waals surface area (Å²) in [5.74, 6) is -0.750. The van der Waals surface area contributed by atoms with E-state index >= 15 is 0 Å².